The molecule has 0 atom stereocenters. The van der Waals surface area contributed by atoms with Crippen LogP contribution in [0.15, 0.2) is 218 Å². The number of rotatable bonds is 10. The average molecular weight is 707 g/mol. The fraction of sp³-hybridized carbons (Fsp3) is 0. The van der Waals surface area contributed by atoms with Crippen LogP contribution in [0.3, 0.4) is 0 Å². The first-order chi connectivity index (χ1) is 25.3. The Morgan fingerprint density at radius 1 is 0.255 bits per heavy atom. The smallest absolute Gasteiger partial charge is 0.00673 e. The predicted molar refractivity (Wildman–Crippen MR) is 229 cm³/mol. The van der Waals surface area contributed by atoms with Gasteiger partial charge in [-0.15, -0.1) is 0 Å². The molecule has 8 aromatic carbocycles. The van der Waals surface area contributed by atoms with E-state index in [0.29, 0.717) is 8.58 Å². The molecule has 0 N–H and O–H groups in total. The second kappa shape index (κ2) is 15.9. The van der Waals surface area contributed by atoms with Crippen LogP contribution < -0.4 is 42.4 Å². The monoisotopic (exact) mass is 706 g/mol. The van der Waals surface area contributed by atoms with E-state index in [4.69, 9.17) is 0 Å². The van der Waals surface area contributed by atoms with Crippen molar-refractivity contribution in [3.8, 4) is 22.3 Å². The molecule has 0 bridgehead atoms. The van der Waals surface area contributed by atoms with Crippen molar-refractivity contribution < 1.29 is 0 Å². The summed E-state index contributed by atoms with van der Waals surface area (Å²) in [6.07, 6.45) is 0. The lowest BCUT2D eigenvalue weighted by Crippen LogP contribution is -2.33. The van der Waals surface area contributed by atoms with Crippen LogP contribution in [0.5, 0.6) is 0 Å². The normalized spacial score (nSPS) is 11.2. The van der Waals surface area contributed by atoms with E-state index in [0.717, 1.165) is 0 Å². The second-order valence-corrected chi connectivity index (χ2v) is 18.0. The summed E-state index contributed by atoms with van der Waals surface area (Å²) in [4.78, 5) is 0. The van der Waals surface area contributed by atoms with Crippen LogP contribution in [0.4, 0.5) is 0 Å². The Kier molecular flexibility index (Phi) is 10.4. The van der Waals surface area contributed by atoms with Crippen molar-refractivity contribution in [2.45, 2.75) is 0 Å². The van der Waals surface area contributed by atoms with Gasteiger partial charge in [0.05, 0.1) is 0 Å². The van der Waals surface area contributed by atoms with Crippen molar-refractivity contribution in [1.82, 2.24) is 0 Å². The lowest BCUT2D eigenvalue weighted by molar-refractivity contribution is 1.65. The zero-order chi connectivity index (χ0) is 34.2. The molecule has 0 aromatic heterocycles. The molecule has 0 unspecified atom stereocenters. The molecule has 8 aromatic rings. The standard InChI is InChI=1S/C48H37P3/c1-7-19-37(20-8-1)39-31-33-45(47(35-39)50(41-23-11-3-12-24-41)42-25-13-4-14-26-42)49-46-34-32-40(38-21-9-2-10-22-38)36-48(46)51(43-27-15-5-16-28-43)44-29-17-6-18-30-44/h1-36,49H. The molecule has 0 heterocycles. The Balaban J connectivity index is 1.34. The fourth-order valence-corrected chi connectivity index (χ4v) is 13.4. The molecule has 0 nitrogen and oxygen atoms in total. The maximum atomic E-state index is 2.48. The highest BCUT2D eigenvalue weighted by Gasteiger charge is 2.24. The van der Waals surface area contributed by atoms with Gasteiger partial charge < -0.3 is 0 Å². The van der Waals surface area contributed by atoms with Crippen molar-refractivity contribution in [1.29, 1.82) is 0 Å². The first-order valence-electron chi connectivity index (χ1n) is 17.3. The third kappa shape index (κ3) is 7.57. The molecule has 8 rings (SSSR count). The predicted octanol–water partition coefficient (Wildman–Crippen LogP) is 9.17. The summed E-state index contributed by atoms with van der Waals surface area (Å²) in [5.74, 6) is 0. The minimum Gasteiger partial charge on any atom is -0.0622 e. The van der Waals surface area contributed by atoms with Crippen LogP contribution in [-0.4, -0.2) is 0 Å². The highest BCUT2D eigenvalue weighted by atomic mass is 31.1. The molecule has 0 amide bonds. The van der Waals surface area contributed by atoms with Gasteiger partial charge in [0.15, 0.2) is 0 Å². The molecule has 0 radical (unpaired) electrons. The van der Waals surface area contributed by atoms with Crippen molar-refractivity contribution in [3.05, 3.63) is 218 Å². The lowest BCUT2D eigenvalue weighted by Gasteiger charge is -2.26. The number of benzene rings is 8. The molecule has 244 valence electrons. The van der Waals surface area contributed by atoms with E-state index in [9.17, 15) is 0 Å². The second-order valence-electron chi connectivity index (χ2n) is 12.3. The summed E-state index contributed by atoms with van der Waals surface area (Å²) in [6, 6.07) is 80.6. The van der Waals surface area contributed by atoms with E-state index in [1.54, 1.807) is 0 Å². The summed E-state index contributed by atoms with van der Waals surface area (Å²) >= 11 is 0. The quantitative estimate of drug-likeness (QED) is 0.125. The first-order valence-corrected chi connectivity index (χ1v) is 21.0. The van der Waals surface area contributed by atoms with E-state index in [-0.39, 0.29) is 0 Å². The van der Waals surface area contributed by atoms with Gasteiger partial charge in [0.1, 0.15) is 0 Å². The van der Waals surface area contributed by atoms with Gasteiger partial charge in [0.25, 0.3) is 0 Å². The molecular weight excluding hydrogens is 669 g/mol. The largest absolute Gasteiger partial charge is 0.0622 e. The molecule has 0 aliphatic heterocycles. The lowest BCUT2D eigenvalue weighted by atomic mass is 10.1. The zero-order valence-electron chi connectivity index (χ0n) is 28.2. The van der Waals surface area contributed by atoms with Crippen LogP contribution >= 0.6 is 24.4 Å². The van der Waals surface area contributed by atoms with Crippen LogP contribution in [0.25, 0.3) is 22.3 Å². The third-order valence-electron chi connectivity index (χ3n) is 9.02. The van der Waals surface area contributed by atoms with Gasteiger partial charge in [-0.3, -0.25) is 0 Å². The highest BCUT2D eigenvalue weighted by Crippen LogP contribution is 2.38. The summed E-state index contributed by atoms with van der Waals surface area (Å²) in [6.45, 7) is 0. The van der Waals surface area contributed by atoms with Crippen molar-refractivity contribution in [2.24, 2.45) is 0 Å². The van der Waals surface area contributed by atoms with Crippen LogP contribution in [0.1, 0.15) is 0 Å². The number of hydrogen-bond donors (Lipinski definition) is 0. The van der Waals surface area contributed by atoms with E-state index >= 15 is 0 Å². The molecule has 0 aliphatic rings. The molecule has 0 spiro atoms. The zero-order valence-corrected chi connectivity index (χ0v) is 31.0. The van der Waals surface area contributed by atoms with Crippen molar-refractivity contribution in [2.75, 3.05) is 0 Å². The molecule has 0 saturated heterocycles. The molecule has 0 saturated carbocycles. The summed E-state index contributed by atoms with van der Waals surface area (Å²) in [5.41, 5.74) is 5.01. The maximum Gasteiger partial charge on any atom is -0.00673 e. The van der Waals surface area contributed by atoms with Crippen LogP contribution in [0, 0.1) is 0 Å². The minimum absolute atomic E-state index is 0.480. The van der Waals surface area contributed by atoms with E-state index in [1.165, 1.54) is 64.7 Å². The highest BCUT2D eigenvalue weighted by molar-refractivity contribution is 7.82. The minimum atomic E-state index is -0.812. The molecule has 51 heavy (non-hydrogen) atoms. The number of hydrogen-bond acceptors (Lipinski definition) is 0. The van der Waals surface area contributed by atoms with E-state index in [2.05, 4.69) is 218 Å². The molecule has 0 fully saturated rings. The SMILES string of the molecule is c1ccc(-c2ccc(Pc3ccc(-c4ccccc4)cc3P(c3ccccc3)c3ccccc3)c(P(c3ccccc3)c3ccccc3)c2)cc1. The topological polar surface area (TPSA) is 0 Å². The van der Waals surface area contributed by atoms with Crippen LogP contribution in [0.2, 0.25) is 0 Å². The van der Waals surface area contributed by atoms with Crippen molar-refractivity contribution >= 4 is 66.9 Å². The Morgan fingerprint density at radius 2 is 0.529 bits per heavy atom. The van der Waals surface area contributed by atoms with Crippen molar-refractivity contribution in [3.63, 3.8) is 0 Å². The summed E-state index contributed by atoms with van der Waals surface area (Å²) in [5, 5.41) is 11.1. The average Bonchev–Trinajstić information content (AvgIpc) is 3.21. The summed E-state index contributed by atoms with van der Waals surface area (Å²) < 4.78 is 0. The van der Waals surface area contributed by atoms with Gasteiger partial charge in [-0.2, -0.15) is 0 Å². The Morgan fingerprint density at radius 3 is 0.824 bits per heavy atom. The summed E-state index contributed by atoms with van der Waals surface area (Å²) in [7, 11) is -1.14. The Bertz CT molecular complexity index is 2060. The molecular formula is C48H37P3. The molecule has 3 heteroatoms. The Labute approximate surface area is 306 Å². The fourth-order valence-electron chi connectivity index (χ4n) is 6.57. The van der Waals surface area contributed by atoms with Gasteiger partial charge in [-0.1, -0.05) is 215 Å². The first kappa shape index (κ1) is 33.2. The molecule has 0 aliphatic carbocycles. The Hall–Kier alpha value is -4.95. The van der Waals surface area contributed by atoms with Gasteiger partial charge in [-0.25, -0.2) is 0 Å². The van der Waals surface area contributed by atoms with Gasteiger partial charge in [0, 0.05) is 0 Å². The maximum absolute atomic E-state index is 2.48. The van der Waals surface area contributed by atoms with Crippen LogP contribution in [-0.2, 0) is 0 Å². The van der Waals surface area contributed by atoms with E-state index < -0.39 is 15.8 Å². The van der Waals surface area contributed by atoms with Gasteiger partial charge in [-0.05, 0) is 92.7 Å². The third-order valence-corrected chi connectivity index (χ3v) is 15.8. The van der Waals surface area contributed by atoms with Gasteiger partial charge in [0.2, 0.25) is 0 Å². The van der Waals surface area contributed by atoms with E-state index in [1.807, 2.05) is 0 Å². The van der Waals surface area contributed by atoms with Gasteiger partial charge >= 0.3 is 0 Å².